The molecule has 1 fully saturated rings. The van der Waals surface area contributed by atoms with E-state index < -0.39 is 0 Å². The molecule has 1 aromatic rings. The molecule has 0 saturated carbocycles. The number of benzene rings is 1. The van der Waals surface area contributed by atoms with Crippen molar-refractivity contribution in [3.05, 3.63) is 35.4 Å². The third-order valence-corrected chi connectivity index (χ3v) is 4.33. The van der Waals surface area contributed by atoms with Crippen LogP contribution in [0, 0.1) is 5.92 Å². The van der Waals surface area contributed by atoms with E-state index in [9.17, 15) is 0 Å². The summed E-state index contributed by atoms with van der Waals surface area (Å²) in [5.41, 5.74) is 3.05. The molecule has 1 aliphatic rings. The molecule has 0 amide bonds. The summed E-state index contributed by atoms with van der Waals surface area (Å²) in [4.78, 5) is 0. The topological polar surface area (TPSA) is 12.0 Å². The molecule has 1 saturated heterocycles. The van der Waals surface area contributed by atoms with Crippen LogP contribution in [0.15, 0.2) is 24.3 Å². The highest BCUT2D eigenvalue weighted by molar-refractivity contribution is 5.23. The second-order valence-corrected chi connectivity index (χ2v) is 6.02. The normalized spacial score (nSPS) is 16.7. The molecule has 0 atom stereocenters. The first-order valence-electron chi connectivity index (χ1n) is 8.17. The largest absolute Gasteiger partial charge is 0.317 e. The van der Waals surface area contributed by atoms with E-state index in [4.69, 9.17) is 0 Å². The highest BCUT2D eigenvalue weighted by Crippen LogP contribution is 2.18. The molecule has 19 heavy (non-hydrogen) atoms. The van der Waals surface area contributed by atoms with Crippen LogP contribution >= 0.6 is 0 Å². The van der Waals surface area contributed by atoms with Gasteiger partial charge in [0.25, 0.3) is 0 Å². The fourth-order valence-electron chi connectivity index (χ4n) is 3.02. The Morgan fingerprint density at radius 1 is 0.947 bits per heavy atom. The fourth-order valence-corrected chi connectivity index (χ4v) is 3.02. The Morgan fingerprint density at radius 2 is 1.63 bits per heavy atom. The van der Waals surface area contributed by atoms with Crippen molar-refractivity contribution in [2.24, 2.45) is 5.92 Å². The van der Waals surface area contributed by atoms with Gasteiger partial charge in [-0.05, 0) is 62.2 Å². The maximum Gasteiger partial charge on any atom is -0.00462 e. The van der Waals surface area contributed by atoms with E-state index >= 15 is 0 Å². The summed E-state index contributed by atoms with van der Waals surface area (Å²) in [6.07, 6.45) is 10.7. The monoisotopic (exact) mass is 259 g/mol. The Balaban J connectivity index is 1.74. The van der Waals surface area contributed by atoms with Crippen molar-refractivity contribution in [1.82, 2.24) is 5.32 Å². The van der Waals surface area contributed by atoms with E-state index in [-0.39, 0.29) is 0 Å². The van der Waals surface area contributed by atoms with Gasteiger partial charge >= 0.3 is 0 Å². The lowest BCUT2D eigenvalue weighted by Crippen LogP contribution is -2.28. The molecule has 1 N–H and O–H groups in total. The second-order valence-electron chi connectivity index (χ2n) is 6.02. The summed E-state index contributed by atoms with van der Waals surface area (Å²) in [6.45, 7) is 4.69. The van der Waals surface area contributed by atoms with Gasteiger partial charge in [0.05, 0.1) is 0 Å². The van der Waals surface area contributed by atoms with Gasteiger partial charge in [-0.2, -0.15) is 0 Å². The maximum absolute atomic E-state index is 3.44. The molecule has 2 rings (SSSR count). The van der Waals surface area contributed by atoms with Crippen LogP contribution in [0.3, 0.4) is 0 Å². The van der Waals surface area contributed by atoms with Gasteiger partial charge in [-0.15, -0.1) is 0 Å². The number of nitrogens with one attached hydrogen (secondary N) is 1. The third kappa shape index (κ3) is 5.36. The summed E-state index contributed by atoms with van der Waals surface area (Å²) in [5.74, 6) is 0.900. The molecule has 106 valence electrons. The second kappa shape index (κ2) is 8.37. The van der Waals surface area contributed by atoms with Gasteiger partial charge in [0.15, 0.2) is 0 Å². The van der Waals surface area contributed by atoms with E-state index in [0.717, 1.165) is 5.92 Å². The number of hydrogen-bond acceptors (Lipinski definition) is 1. The van der Waals surface area contributed by atoms with Gasteiger partial charge in [0, 0.05) is 0 Å². The van der Waals surface area contributed by atoms with Gasteiger partial charge in [0.1, 0.15) is 0 Å². The minimum absolute atomic E-state index is 0.900. The molecule has 1 aliphatic heterocycles. The molecule has 0 aromatic heterocycles. The Kier molecular flexibility index (Phi) is 6.43. The zero-order valence-electron chi connectivity index (χ0n) is 12.5. The molecule has 0 bridgehead atoms. The van der Waals surface area contributed by atoms with Crippen LogP contribution in [0.5, 0.6) is 0 Å². The van der Waals surface area contributed by atoms with Crippen LogP contribution in [0.1, 0.15) is 56.6 Å². The lowest BCUT2D eigenvalue weighted by Gasteiger charge is -2.22. The van der Waals surface area contributed by atoms with Crippen molar-refractivity contribution in [2.45, 2.75) is 58.3 Å². The van der Waals surface area contributed by atoms with Gasteiger partial charge < -0.3 is 5.32 Å². The van der Waals surface area contributed by atoms with Crippen molar-refractivity contribution in [2.75, 3.05) is 13.1 Å². The molecule has 1 nitrogen and oxygen atoms in total. The molecule has 1 heteroatoms. The van der Waals surface area contributed by atoms with Crippen LogP contribution in [0.4, 0.5) is 0 Å². The zero-order chi connectivity index (χ0) is 13.3. The Morgan fingerprint density at radius 3 is 2.32 bits per heavy atom. The lowest BCUT2D eigenvalue weighted by atomic mass is 9.90. The maximum atomic E-state index is 3.44. The number of rotatable bonds is 7. The Bertz CT molecular complexity index is 335. The van der Waals surface area contributed by atoms with Crippen LogP contribution < -0.4 is 5.32 Å². The van der Waals surface area contributed by atoms with E-state index in [0.29, 0.717) is 0 Å². The predicted octanol–water partition coefficient (Wildman–Crippen LogP) is 4.35. The van der Waals surface area contributed by atoms with Crippen molar-refractivity contribution in [3.63, 3.8) is 0 Å². The number of hydrogen-bond donors (Lipinski definition) is 1. The summed E-state index contributed by atoms with van der Waals surface area (Å²) >= 11 is 0. The molecule has 1 aromatic carbocycles. The molecule has 1 heterocycles. The van der Waals surface area contributed by atoms with Gasteiger partial charge in [0.2, 0.25) is 0 Å². The van der Waals surface area contributed by atoms with Gasteiger partial charge in [-0.1, -0.05) is 50.5 Å². The fraction of sp³-hybridized carbons (Fsp3) is 0.667. The molecule has 0 aliphatic carbocycles. The third-order valence-electron chi connectivity index (χ3n) is 4.33. The van der Waals surface area contributed by atoms with E-state index in [1.165, 1.54) is 75.6 Å². The van der Waals surface area contributed by atoms with E-state index in [1.807, 2.05) is 0 Å². The minimum Gasteiger partial charge on any atom is -0.317 e. The summed E-state index contributed by atoms with van der Waals surface area (Å²) in [6, 6.07) is 9.42. The smallest absolute Gasteiger partial charge is 0.00462 e. The SMILES string of the molecule is CCCCCCc1ccc(CC2CCNCC2)cc1. The summed E-state index contributed by atoms with van der Waals surface area (Å²) < 4.78 is 0. The summed E-state index contributed by atoms with van der Waals surface area (Å²) in [5, 5.41) is 3.44. The molecule has 0 radical (unpaired) electrons. The van der Waals surface area contributed by atoms with E-state index in [1.54, 1.807) is 0 Å². The minimum atomic E-state index is 0.900. The van der Waals surface area contributed by atoms with E-state index in [2.05, 4.69) is 36.5 Å². The van der Waals surface area contributed by atoms with Crippen LogP contribution in [-0.2, 0) is 12.8 Å². The molecular weight excluding hydrogens is 230 g/mol. The Hall–Kier alpha value is -0.820. The predicted molar refractivity (Wildman–Crippen MR) is 83.6 cm³/mol. The first-order chi connectivity index (χ1) is 9.38. The quantitative estimate of drug-likeness (QED) is 0.718. The number of piperidine rings is 1. The molecule has 0 unspecified atom stereocenters. The van der Waals surface area contributed by atoms with Crippen molar-refractivity contribution < 1.29 is 0 Å². The highest BCUT2D eigenvalue weighted by Gasteiger charge is 2.13. The van der Waals surface area contributed by atoms with Gasteiger partial charge in [-0.25, -0.2) is 0 Å². The summed E-state index contributed by atoms with van der Waals surface area (Å²) in [7, 11) is 0. The average Bonchev–Trinajstić information content (AvgIpc) is 2.46. The zero-order valence-corrected chi connectivity index (χ0v) is 12.5. The van der Waals surface area contributed by atoms with Crippen molar-refractivity contribution in [1.29, 1.82) is 0 Å². The van der Waals surface area contributed by atoms with Crippen LogP contribution in [0.25, 0.3) is 0 Å². The molecule has 0 spiro atoms. The number of unbranched alkanes of at least 4 members (excludes halogenated alkanes) is 3. The average molecular weight is 259 g/mol. The number of aryl methyl sites for hydroxylation is 1. The standard InChI is InChI=1S/C18H29N/c1-2-3-4-5-6-16-7-9-17(10-8-16)15-18-11-13-19-14-12-18/h7-10,18-19H,2-6,11-15H2,1H3. The van der Waals surface area contributed by atoms with Crippen molar-refractivity contribution in [3.8, 4) is 0 Å². The first kappa shape index (κ1) is 14.6. The Labute approximate surface area is 118 Å². The first-order valence-corrected chi connectivity index (χ1v) is 8.17. The van der Waals surface area contributed by atoms with Crippen LogP contribution in [0.2, 0.25) is 0 Å². The lowest BCUT2D eigenvalue weighted by molar-refractivity contribution is 0.372. The highest BCUT2D eigenvalue weighted by atomic mass is 14.9. The van der Waals surface area contributed by atoms with Crippen molar-refractivity contribution >= 4 is 0 Å². The molecular formula is C18H29N. The van der Waals surface area contributed by atoms with Gasteiger partial charge in [-0.3, -0.25) is 0 Å². The van der Waals surface area contributed by atoms with Crippen LogP contribution in [-0.4, -0.2) is 13.1 Å².